The summed E-state index contributed by atoms with van der Waals surface area (Å²) in [5.74, 6) is -0.122. The second-order valence-corrected chi connectivity index (χ2v) is 7.52. The van der Waals surface area contributed by atoms with Gasteiger partial charge in [-0.1, -0.05) is 0 Å². The minimum atomic E-state index is -0.402. The van der Waals surface area contributed by atoms with Crippen LogP contribution in [-0.4, -0.2) is 26.0 Å². The fourth-order valence-electron chi connectivity index (χ4n) is 2.12. The van der Waals surface area contributed by atoms with Crippen LogP contribution in [0, 0.1) is 4.77 Å². The van der Waals surface area contributed by atoms with Gasteiger partial charge in [0.2, 0.25) is 0 Å². The van der Waals surface area contributed by atoms with Crippen molar-refractivity contribution < 1.29 is 4.79 Å². The van der Waals surface area contributed by atoms with Crippen LogP contribution < -0.4 is 5.32 Å². The van der Waals surface area contributed by atoms with Crippen molar-refractivity contribution in [2.45, 2.75) is 25.8 Å². The molecular formula is C13H16Br2N4OS. The van der Waals surface area contributed by atoms with Gasteiger partial charge in [-0.15, -0.1) is 0 Å². The molecule has 2 rings (SSSR count). The van der Waals surface area contributed by atoms with E-state index in [-0.39, 0.29) is 5.91 Å². The quantitative estimate of drug-likeness (QED) is 0.641. The van der Waals surface area contributed by atoms with Crippen LogP contribution in [0.15, 0.2) is 21.3 Å². The molecule has 21 heavy (non-hydrogen) atoms. The molecule has 0 spiro atoms. The topological polar surface area (TPSA) is 65.6 Å². The molecule has 2 heterocycles. The largest absolute Gasteiger partial charge is 0.345 e. The van der Waals surface area contributed by atoms with Crippen LogP contribution in [0.2, 0.25) is 0 Å². The number of halogens is 2. The minimum absolute atomic E-state index is 0.122. The van der Waals surface area contributed by atoms with Crippen LogP contribution in [-0.2, 0) is 13.5 Å². The molecular weight excluding hydrogens is 420 g/mol. The van der Waals surface area contributed by atoms with E-state index in [0.29, 0.717) is 16.9 Å². The Kier molecular flexibility index (Phi) is 4.79. The second kappa shape index (κ2) is 6.10. The van der Waals surface area contributed by atoms with E-state index in [2.05, 4.69) is 47.1 Å². The molecule has 0 atom stereocenters. The van der Waals surface area contributed by atoms with Gasteiger partial charge in [-0.05, 0) is 64.0 Å². The molecule has 0 aromatic carbocycles. The summed E-state index contributed by atoms with van der Waals surface area (Å²) in [6.07, 6.45) is 2.48. The molecule has 0 saturated heterocycles. The van der Waals surface area contributed by atoms with E-state index < -0.39 is 5.54 Å². The minimum Gasteiger partial charge on any atom is -0.345 e. The molecule has 0 radical (unpaired) electrons. The van der Waals surface area contributed by atoms with E-state index in [1.54, 1.807) is 10.6 Å². The lowest BCUT2D eigenvalue weighted by Crippen LogP contribution is -2.45. The molecule has 5 nitrogen and oxygen atoms in total. The third kappa shape index (κ3) is 3.87. The maximum Gasteiger partial charge on any atom is 0.268 e. The number of aromatic amines is 2. The summed E-state index contributed by atoms with van der Waals surface area (Å²) in [6.45, 7) is 3.95. The number of aromatic nitrogens is 3. The summed E-state index contributed by atoms with van der Waals surface area (Å²) in [5, 5.41) is 3.04. The second-order valence-electron chi connectivity index (χ2n) is 5.51. The van der Waals surface area contributed by atoms with Gasteiger partial charge in [0.05, 0.1) is 9.08 Å². The molecule has 2 aromatic rings. The van der Waals surface area contributed by atoms with Gasteiger partial charge in [-0.2, -0.15) is 0 Å². The van der Waals surface area contributed by atoms with Crippen LogP contribution in [0.1, 0.15) is 30.0 Å². The van der Waals surface area contributed by atoms with Crippen molar-refractivity contribution in [1.29, 1.82) is 0 Å². The van der Waals surface area contributed by atoms with Crippen molar-refractivity contribution in [2.75, 3.05) is 0 Å². The Morgan fingerprint density at radius 3 is 2.62 bits per heavy atom. The van der Waals surface area contributed by atoms with Gasteiger partial charge in [0.1, 0.15) is 5.69 Å². The molecule has 0 aliphatic carbocycles. The molecule has 0 aliphatic heterocycles. The van der Waals surface area contributed by atoms with Gasteiger partial charge in [0, 0.05) is 30.9 Å². The number of imidazole rings is 1. The van der Waals surface area contributed by atoms with Gasteiger partial charge < -0.3 is 19.9 Å². The van der Waals surface area contributed by atoms with Crippen LogP contribution in [0.25, 0.3) is 0 Å². The monoisotopic (exact) mass is 434 g/mol. The molecule has 0 aliphatic rings. The number of hydrogen-bond acceptors (Lipinski definition) is 2. The van der Waals surface area contributed by atoms with Crippen LogP contribution >= 0.6 is 44.1 Å². The summed E-state index contributed by atoms with van der Waals surface area (Å²) < 4.78 is 4.06. The lowest BCUT2D eigenvalue weighted by molar-refractivity contribution is 0.0904. The number of hydrogen-bond donors (Lipinski definition) is 3. The predicted octanol–water partition coefficient (Wildman–Crippen LogP) is 3.69. The van der Waals surface area contributed by atoms with E-state index in [1.165, 1.54) is 0 Å². The first-order chi connectivity index (χ1) is 9.69. The SMILES string of the molecule is Cn1c(C(=O)NC(C)(C)Cc2c[nH]c(=S)[nH]2)cc(Br)c1Br. The summed E-state index contributed by atoms with van der Waals surface area (Å²) in [4.78, 5) is 18.4. The Bertz CT molecular complexity index is 729. The van der Waals surface area contributed by atoms with Gasteiger partial charge in [0.15, 0.2) is 4.77 Å². The highest BCUT2D eigenvalue weighted by molar-refractivity contribution is 9.13. The Morgan fingerprint density at radius 1 is 1.48 bits per heavy atom. The van der Waals surface area contributed by atoms with Gasteiger partial charge in [0.25, 0.3) is 5.91 Å². The fourth-order valence-corrected chi connectivity index (χ4v) is 3.10. The van der Waals surface area contributed by atoms with Crippen LogP contribution in [0.3, 0.4) is 0 Å². The normalized spacial score (nSPS) is 11.7. The zero-order valence-electron chi connectivity index (χ0n) is 11.9. The van der Waals surface area contributed by atoms with Crippen molar-refractivity contribution in [3.05, 3.63) is 37.5 Å². The van der Waals surface area contributed by atoms with Crippen LogP contribution in [0.5, 0.6) is 0 Å². The number of carbonyl (C=O) groups excluding carboxylic acids is 1. The van der Waals surface area contributed by atoms with E-state index in [0.717, 1.165) is 14.8 Å². The highest BCUT2D eigenvalue weighted by Gasteiger charge is 2.24. The van der Waals surface area contributed by atoms with E-state index >= 15 is 0 Å². The first kappa shape index (κ1) is 16.5. The highest BCUT2D eigenvalue weighted by Crippen LogP contribution is 2.26. The van der Waals surface area contributed by atoms with Gasteiger partial charge >= 0.3 is 0 Å². The summed E-state index contributed by atoms with van der Waals surface area (Å²) >= 11 is 11.8. The molecule has 8 heteroatoms. The molecule has 2 aromatic heterocycles. The van der Waals surface area contributed by atoms with E-state index in [9.17, 15) is 4.79 Å². The number of rotatable bonds is 4. The predicted molar refractivity (Wildman–Crippen MR) is 92.0 cm³/mol. The maximum absolute atomic E-state index is 12.4. The highest BCUT2D eigenvalue weighted by atomic mass is 79.9. The first-order valence-electron chi connectivity index (χ1n) is 6.29. The van der Waals surface area contributed by atoms with Crippen molar-refractivity contribution in [3.63, 3.8) is 0 Å². The standard InChI is InChI=1S/C13H16Br2N4OS/c1-13(2,5-7-6-16-12(21)17-7)18-11(20)9-4-8(14)10(15)19(9)3/h4,6H,5H2,1-3H3,(H,18,20)(H2,16,17,21). The zero-order chi connectivity index (χ0) is 15.8. The Labute approximate surface area is 144 Å². The summed E-state index contributed by atoms with van der Waals surface area (Å²) in [7, 11) is 1.83. The summed E-state index contributed by atoms with van der Waals surface area (Å²) in [6, 6.07) is 1.79. The van der Waals surface area contributed by atoms with E-state index in [1.807, 2.05) is 27.1 Å². The fraction of sp³-hybridized carbons (Fsp3) is 0.385. The zero-order valence-corrected chi connectivity index (χ0v) is 15.9. The Morgan fingerprint density at radius 2 is 2.14 bits per heavy atom. The average Bonchev–Trinajstić information content (AvgIpc) is 2.87. The molecule has 0 bridgehead atoms. The molecule has 0 saturated carbocycles. The Balaban J connectivity index is 2.13. The van der Waals surface area contributed by atoms with Crippen molar-refractivity contribution in [1.82, 2.24) is 19.9 Å². The van der Waals surface area contributed by atoms with Gasteiger partial charge in [-0.25, -0.2) is 0 Å². The first-order valence-corrected chi connectivity index (χ1v) is 8.29. The third-order valence-corrected chi connectivity index (χ3v) is 5.40. The number of carbonyl (C=O) groups is 1. The van der Waals surface area contributed by atoms with Gasteiger partial charge in [-0.3, -0.25) is 4.79 Å². The van der Waals surface area contributed by atoms with E-state index in [4.69, 9.17) is 12.2 Å². The van der Waals surface area contributed by atoms with Crippen molar-refractivity contribution in [3.8, 4) is 0 Å². The molecule has 0 unspecified atom stereocenters. The number of nitrogens with zero attached hydrogens (tertiary/aromatic N) is 1. The molecule has 1 amide bonds. The average molecular weight is 436 g/mol. The number of nitrogens with one attached hydrogen (secondary N) is 3. The van der Waals surface area contributed by atoms with Crippen molar-refractivity contribution >= 4 is 50.0 Å². The lowest BCUT2D eigenvalue weighted by atomic mass is 9.98. The Hall–Kier alpha value is -0.860. The third-order valence-electron chi connectivity index (χ3n) is 3.08. The summed E-state index contributed by atoms with van der Waals surface area (Å²) in [5.41, 5.74) is 1.14. The molecule has 0 fully saturated rings. The lowest BCUT2D eigenvalue weighted by Gasteiger charge is -2.25. The molecule has 114 valence electrons. The van der Waals surface area contributed by atoms with Crippen LogP contribution in [0.4, 0.5) is 0 Å². The number of H-pyrrole nitrogens is 2. The van der Waals surface area contributed by atoms with Crippen molar-refractivity contribution in [2.24, 2.45) is 7.05 Å². The maximum atomic E-state index is 12.4. The smallest absolute Gasteiger partial charge is 0.268 e. The number of amides is 1. The molecule has 3 N–H and O–H groups in total.